The number of sulfonamides is 1. The van der Waals surface area contributed by atoms with Gasteiger partial charge in [0, 0.05) is 18.1 Å². The highest BCUT2D eigenvalue weighted by Crippen LogP contribution is 2.24. The SMILES string of the molecule is NCc1ccc(S(=O)(=O)NCC2CCSC2)cc1Cl. The molecule has 0 saturated carbocycles. The average molecular weight is 321 g/mol. The number of nitrogens with one attached hydrogen (secondary N) is 1. The smallest absolute Gasteiger partial charge is 0.240 e. The third kappa shape index (κ3) is 3.86. The van der Waals surface area contributed by atoms with E-state index in [1.807, 2.05) is 11.8 Å². The van der Waals surface area contributed by atoms with Gasteiger partial charge in [-0.3, -0.25) is 0 Å². The normalized spacial score (nSPS) is 19.8. The van der Waals surface area contributed by atoms with Crippen LogP contribution in [-0.4, -0.2) is 26.5 Å². The van der Waals surface area contributed by atoms with E-state index in [2.05, 4.69) is 4.72 Å². The largest absolute Gasteiger partial charge is 0.326 e. The lowest BCUT2D eigenvalue weighted by Crippen LogP contribution is -2.29. The van der Waals surface area contributed by atoms with Crippen LogP contribution >= 0.6 is 23.4 Å². The van der Waals surface area contributed by atoms with E-state index >= 15 is 0 Å². The summed E-state index contributed by atoms with van der Waals surface area (Å²) in [6.07, 6.45) is 1.07. The summed E-state index contributed by atoms with van der Waals surface area (Å²) in [6.45, 7) is 0.789. The molecule has 4 nitrogen and oxygen atoms in total. The highest BCUT2D eigenvalue weighted by Gasteiger charge is 2.20. The summed E-state index contributed by atoms with van der Waals surface area (Å²) < 4.78 is 26.9. The van der Waals surface area contributed by atoms with Crippen molar-refractivity contribution in [3.8, 4) is 0 Å². The van der Waals surface area contributed by atoms with Crippen LogP contribution in [0.3, 0.4) is 0 Å². The van der Waals surface area contributed by atoms with Crippen molar-refractivity contribution >= 4 is 33.4 Å². The van der Waals surface area contributed by atoms with Gasteiger partial charge in [-0.15, -0.1) is 0 Å². The number of rotatable bonds is 5. The zero-order valence-electron chi connectivity index (χ0n) is 10.4. The van der Waals surface area contributed by atoms with Crippen LogP contribution in [0.1, 0.15) is 12.0 Å². The molecule has 3 N–H and O–H groups in total. The van der Waals surface area contributed by atoms with Gasteiger partial charge in [0.1, 0.15) is 0 Å². The van der Waals surface area contributed by atoms with E-state index in [-0.39, 0.29) is 4.90 Å². The Morgan fingerprint density at radius 3 is 2.84 bits per heavy atom. The van der Waals surface area contributed by atoms with Crippen LogP contribution in [-0.2, 0) is 16.6 Å². The lowest BCUT2D eigenvalue weighted by atomic mass is 10.1. The number of hydrogen-bond acceptors (Lipinski definition) is 4. The van der Waals surface area contributed by atoms with Crippen LogP contribution in [0, 0.1) is 5.92 Å². The van der Waals surface area contributed by atoms with E-state index in [4.69, 9.17) is 17.3 Å². The summed E-state index contributed by atoms with van der Waals surface area (Å²) in [6, 6.07) is 4.65. The molecule has 1 saturated heterocycles. The number of hydrogen-bond donors (Lipinski definition) is 2. The Hall–Kier alpha value is -0.270. The first-order chi connectivity index (χ1) is 9.03. The van der Waals surface area contributed by atoms with Crippen LogP contribution < -0.4 is 10.5 Å². The zero-order chi connectivity index (χ0) is 13.9. The van der Waals surface area contributed by atoms with E-state index in [0.29, 0.717) is 24.0 Å². The molecule has 1 unspecified atom stereocenters. The molecule has 106 valence electrons. The predicted molar refractivity (Wildman–Crippen MR) is 80.0 cm³/mol. The fraction of sp³-hybridized carbons (Fsp3) is 0.500. The number of thioether (sulfide) groups is 1. The third-order valence-electron chi connectivity index (χ3n) is 3.14. The summed E-state index contributed by atoms with van der Waals surface area (Å²) in [4.78, 5) is 0.195. The van der Waals surface area contributed by atoms with Crippen molar-refractivity contribution in [1.82, 2.24) is 4.72 Å². The molecular weight excluding hydrogens is 304 g/mol. The first-order valence-corrected chi connectivity index (χ1v) is 9.10. The Kier molecular flexibility index (Phi) is 5.14. The van der Waals surface area contributed by atoms with E-state index in [1.54, 1.807) is 12.1 Å². The topological polar surface area (TPSA) is 72.2 Å². The molecule has 1 aromatic carbocycles. The van der Waals surface area contributed by atoms with Gasteiger partial charge < -0.3 is 5.73 Å². The molecule has 1 heterocycles. The highest BCUT2D eigenvalue weighted by atomic mass is 35.5. The molecule has 0 bridgehead atoms. The fourth-order valence-corrected chi connectivity index (χ4v) is 4.66. The quantitative estimate of drug-likeness (QED) is 0.868. The molecule has 7 heteroatoms. The summed E-state index contributed by atoms with van der Waals surface area (Å²) >= 11 is 7.85. The Bertz CT molecular complexity index is 543. The molecule has 1 aliphatic heterocycles. The lowest BCUT2D eigenvalue weighted by Gasteiger charge is -2.11. The van der Waals surface area contributed by atoms with Gasteiger partial charge in [0.15, 0.2) is 0 Å². The number of benzene rings is 1. The van der Waals surface area contributed by atoms with E-state index in [9.17, 15) is 8.42 Å². The van der Waals surface area contributed by atoms with Gasteiger partial charge in [-0.1, -0.05) is 17.7 Å². The van der Waals surface area contributed by atoms with E-state index in [0.717, 1.165) is 23.5 Å². The van der Waals surface area contributed by atoms with Crippen LogP contribution in [0.25, 0.3) is 0 Å². The second kappa shape index (κ2) is 6.45. The Labute approximate surface area is 123 Å². The Morgan fingerprint density at radius 1 is 1.47 bits per heavy atom. The van der Waals surface area contributed by atoms with Gasteiger partial charge in [0.05, 0.1) is 4.90 Å². The molecule has 0 radical (unpaired) electrons. The van der Waals surface area contributed by atoms with Gasteiger partial charge in [-0.05, 0) is 41.5 Å². The first kappa shape index (κ1) is 15.1. The third-order valence-corrected chi connectivity index (χ3v) is 6.15. The summed E-state index contributed by atoms with van der Waals surface area (Å²) in [5.41, 5.74) is 6.24. The van der Waals surface area contributed by atoms with Crippen LogP contribution in [0.2, 0.25) is 5.02 Å². The fourth-order valence-electron chi connectivity index (χ4n) is 1.92. The van der Waals surface area contributed by atoms with Crippen molar-refractivity contribution in [3.63, 3.8) is 0 Å². The van der Waals surface area contributed by atoms with Gasteiger partial charge in [-0.2, -0.15) is 11.8 Å². The maximum absolute atomic E-state index is 12.1. The van der Waals surface area contributed by atoms with Crippen LogP contribution in [0.4, 0.5) is 0 Å². The summed E-state index contributed by atoms with van der Waals surface area (Å²) in [5, 5.41) is 0.391. The van der Waals surface area contributed by atoms with E-state index in [1.165, 1.54) is 6.07 Å². The summed E-state index contributed by atoms with van der Waals surface area (Å²) in [7, 11) is -3.48. The van der Waals surface area contributed by atoms with Crippen molar-refractivity contribution in [2.24, 2.45) is 11.7 Å². The number of nitrogens with two attached hydrogens (primary N) is 1. The monoisotopic (exact) mass is 320 g/mol. The second-order valence-corrected chi connectivity index (χ2v) is 7.86. The minimum atomic E-state index is -3.48. The number of halogens is 1. The molecule has 19 heavy (non-hydrogen) atoms. The molecular formula is C12H17ClN2O2S2. The zero-order valence-corrected chi connectivity index (χ0v) is 12.8. The molecule has 0 amide bonds. The molecule has 0 aliphatic carbocycles. The van der Waals surface area contributed by atoms with Crippen LogP contribution in [0.15, 0.2) is 23.1 Å². The average Bonchev–Trinajstić information content (AvgIpc) is 2.89. The minimum Gasteiger partial charge on any atom is -0.326 e. The summed E-state index contributed by atoms with van der Waals surface area (Å²) in [5.74, 6) is 2.57. The molecule has 1 atom stereocenters. The second-order valence-electron chi connectivity index (χ2n) is 4.54. The van der Waals surface area contributed by atoms with Crippen molar-refractivity contribution in [2.75, 3.05) is 18.1 Å². The molecule has 2 rings (SSSR count). The maximum atomic E-state index is 12.1. The highest BCUT2D eigenvalue weighted by molar-refractivity contribution is 7.99. The molecule has 1 aliphatic rings. The molecule has 1 aromatic rings. The van der Waals surface area contributed by atoms with Gasteiger partial charge in [0.2, 0.25) is 10.0 Å². The molecule has 1 fully saturated rings. The van der Waals surface area contributed by atoms with Crippen molar-refractivity contribution in [3.05, 3.63) is 28.8 Å². The standard InChI is InChI=1S/C12H17ClN2O2S2/c13-12-5-11(2-1-10(12)6-14)19(16,17)15-7-9-3-4-18-8-9/h1-2,5,9,15H,3-4,6-8,14H2. The predicted octanol–water partition coefficient (Wildman–Crippen LogP) is 1.83. The first-order valence-electron chi connectivity index (χ1n) is 6.09. The Balaban J connectivity index is 2.08. The minimum absolute atomic E-state index is 0.195. The van der Waals surface area contributed by atoms with E-state index < -0.39 is 10.0 Å². The molecule has 0 spiro atoms. The molecule has 0 aromatic heterocycles. The van der Waals surface area contributed by atoms with Gasteiger partial charge in [0.25, 0.3) is 0 Å². The maximum Gasteiger partial charge on any atom is 0.240 e. The van der Waals surface area contributed by atoms with Crippen LogP contribution in [0.5, 0.6) is 0 Å². The lowest BCUT2D eigenvalue weighted by molar-refractivity contribution is 0.546. The Morgan fingerprint density at radius 2 is 2.26 bits per heavy atom. The van der Waals surface area contributed by atoms with Crippen molar-refractivity contribution < 1.29 is 8.42 Å². The van der Waals surface area contributed by atoms with Gasteiger partial charge in [-0.25, -0.2) is 13.1 Å². The van der Waals surface area contributed by atoms with Gasteiger partial charge >= 0.3 is 0 Å². The van der Waals surface area contributed by atoms with Crippen molar-refractivity contribution in [2.45, 2.75) is 17.9 Å². The van der Waals surface area contributed by atoms with Crippen molar-refractivity contribution in [1.29, 1.82) is 0 Å².